The van der Waals surface area contributed by atoms with Gasteiger partial charge in [-0.2, -0.15) is 0 Å². The van der Waals surface area contributed by atoms with E-state index < -0.39 is 12.0 Å². The number of para-hydroxylation sites is 1. The summed E-state index contributed by atoms with van der Waals surface area (Å²) in [4.78, 5) is 17.6. The molecule has 0 unspecified atom stereocenters. The molecule has 3 rings (SSSR count). The molecule has 0 bridgehead atoms. The van der Waals surface area contributed by atoms with E-state index in [-0.39, 0.29) is 0 Å². The number of rotatable bonds is 2. The standard InChI is InChI=1S/C12H12N2O2S/c15-11(16)9-5-3-7-14(9)12-13-8-4-1-2-6-10(8)17-12/h1-2,4,6,9H,3,5,7H2,(H,15,16)/t9-/m0/s1. The number of aromatic nitrogens is 1. The Labute approximate surface area is 103 Å². The van der Waals surface area contributed by atoms with Crippen LogP contribution in [-0.4, -0.2) is 28.6 Å². The molecule has 1 aromatic carbocycles. The van der Waals surface area contributed by atoms with Crippen molar-refractivity contribution in [3.63, 3.8) is 0 Å². The second-order valence-corrected chi connectivity index (χ2v) is 5.16. The van der Waals surface area contributed by atoms with Gasteiger partial charge in [0.15, 0.2) is 5.13 Å². The molecule has 0 spiro atoms. The highest BCUT2D eigenvalue weighted by Gasteiger charge is 2.32. The molecule has 0 saturated carbocycles. The van der Waals surface area contributed by atoms with Gasteiger partial charge in [0.05, 0.1) is 10.2 Å². The molecular weight excluding hydrogens is 236 g/mol. The first-order chi connectivity index (χ1) is 8.25. The van der Waals surface area contributed by atoms with Crippen LogP contribution in [0.15, 0.2) is 24.3 Å². The molecule has 17 heavy (non-hydrogen) atoms. The van der Waals surface area contributed by atoms with Gasteiger partial charge in [-0.1, -0.05) is 23.5 Å². The Hall–Kier alpha value is -1.62. The SMILES string of the molecule is O=C(O)[C@@H]1CCCN1c1nc2ccccc2s1. The second-order valence-electron chi connectivity index (χ2n) is 4.15. The number of carbonyl (C=O) groups is 1. The first kappa shape index (κ1) is 10.5. The summed E-state index contributed by atoms with van der Waals surface area (Å²) in [5.74, 6) is -0.748. The third-order valence-electron chi connectivity index (χ3n) is 3.07. The van der Waals surface area contributed by atoms with Crippen LogP contribution in [-0.2, 0) is 4.79 Å². The van der Waals surface area contributed by atoms with Gasteiger partial charge >= 0.3 is 5.97 Å². The molecule has 0 radical (unpaired) electrons. The number of thiazole rings is 1. The number of nitrogens with zero attached hydrogens (tertiary/aromatic N) is 2. The summed E-state index contributed by atoms with van der Waals surface area (Å²) in [5.41, 5.74) is 0.948. The van der Waals surface area contributed by atoms with Crippen LogP contribution in [0, 0.1) is 0 Å². The number of anilines is 1. The van der Waals surface area contributed by atoms with E-state index >= 15 is 0 Å². The van der Waals surface area contributed by atoms with E-state index in [2.05, 4.69) is 4.98 Å². The average molecular weight is 248 g/mol. The number of benzene rings is 1. The van der Waals surface area contributed by atoms with Gasteiger partial charge in [-0.3, -0.25) is 0 Å². The van der Waals surface area contributed by atoms with Crippen molar-refractivity contribution in [2.75, 3.05) is 11.4 Å². The summed E-state index contributed by atoms with van der Waals surface area (Å²) in [7, 11) is 0. The van der Waals surface area contributed by atoms with Crippen molar-refractivity contribution < 1.29 is 9.90 Å². The maximum Gasteiger partial charge on any atom is 0.326 e. The van der Waals surface area contributed by atoms with Gasteiger partial charge in [0.1, 0.15) is 6.04 Å². The van der Waals surface area contributed by atoms with E-state index in [1.807, 2.05) is 29.2 Å². The molecule has 1 fully saturated rings. The summed E-state index contributed by atoms with van der Waals surface area (Å²) >= 11 is 1.57. The highest BCUT2D eigenvalue weighted by molar-refractivity contribution is 7.22. The molecule has 88 valence electrons. The highest BCUT2D eigenvalue weighted by Crippen LogP contribution is 2.33. The van der Waals surface area contributed by atoms with E-state index in [9.17, 15) is 4.79 Å². The number of fused-ring (bicyclic) bond motifs is 1. The summed E-state index contributed by atoms with van der Waals surface area (Å²) in [6, 6.07) is 7.49. The summed E-state index contributed by atoms with van der Waals surface area (Å²) < 4.78 is 1.11. The molecule has 1 N–H and O–H groups in total. The van der Waals surface area contributed by atoms with Crippen LogP contribution in [0.4, 0.5) is 5.13 Å². The lowest BCUT2D eigenvalue weighted by molar-refractivity contribution is -0.138. The Morgan fingerprint density at radius 3 is 3.06 bits per heavy atom. The molecule has 4 nitrogen and oxygen atoms in total. The molecule has 2 aromatic rings. The number of carboxylic acids is 1. The highest BCUT2D eigenvalue weighted by atomic mass is 32.1. The van der Waals surface area contributed by atoms with Gasteiger partial charge in [0.2, 0.25) is 0 Å². The fourth-order valence-electron chi connectivity index (χ4n) is 2.24. The molecule has 1 saturated heterocycles. The van der Waals surface area contributed by atoms with Crippen LogP contribution in [0.3, 0.4) is 0 Å². The summed E-state index contributed by atoms with van der Waals surface area (Å²) in [5, 5.41) is 9.98. The number of hydrogen-bond acceptors (Lipinski definition) is 4. The van der Waals surface area contributed by atoms with E-state index in [1.54, 1.807) is 11.3 Å². The quantitative estimate of drug-likeness (QED) is 0.886. The molecule has 0 aliphatic carbocycles. The van der Waals surface area contributed by atoms with E-state index in [1.165, 1.54) is 0 Å². The van der Waals surface area contributed by atoms with Crippen LogP contribution in [0.5, 0.6) is 0 Å². The zero-order valence-electron chi connectivity index (χ0n) is 9.17. The Kier molecular flexibility index (Phi) is 2.48. The molecule has 1 aliphatic heterocycles. The van der Waals surface area contributed by atoms with Crippen LogP contribution >= 0.6 is 11.3 Å². The second kappa shape index (κ2) is 4.00. The van der Waals surface area contributed by atoms with Gasteiger partial charge in [-0.25, -0.2) is 9.78 Å². The molecule has 1 atom stereocenters. The topological polar surface area (TPSA) is 53.4 Å². The zero-order chi connectivity index (χ0) is 11.8. The Balaban J connectivity index is 2.00. The molecular formula is C12H12N2O2S. The minimum atomic E-state index is -0.748. The van der Waals surface area contributed by atoms with Gasteiger partial charge in [-0.15, -0.1) is 0 Å². The lowest BCUT2D eigenvalue weighted by atomic mass is 10.2. The first-order valence-electron chi connectivity index (χ1n) is 5.61. The normalized spacial score (nSPS) is 20.0. The largest absolute Gasteiger partial charge is 0.480 e. The van der Waals surface area contributed by atoms with E-state index in [4.69, 9.17) is 5.11 Å². The number of aliphatic carboxylic acids is 1. The number of carboxylic acid groups (broad SMARTS) is 1. The fraction of sp³-hybridized carbons (Fsp3) is 0.333. The van der Waals surface area contributed by atoms with Gasteiger partial charge < -0.3 is 10.0 Å². The van der Waals surface area contributed by atoms with Crippen LogP contribution in [0.1, 0.15) is 12.8 Å². The summed E-state index contributed by atoms with van der Waals surface area (Å²) in [6.45, 7) is 0.788. The maximum atomic E-state index is 11.1. The van der Waals surface area contributed by atoms with Crippen LogP contribution < -0.4 is 4.90 Å². The molecule has 0 amide bonds. The van der Waals surface area contributed by atoms with Crippen molar-refractivity contribution in [3.8, 4) is 0 Å². The Morgan fingerprint density at radius 2 is 2.29 bits per heavy atom. The predicted octanol–water partition coefficient (Wildman–Crippen LogP) is 2.35. The van der Waals surface area contributed by atoms with Gasteiger partial charge in [-0.05, 0) is 25.0 Å². The fourth-order valence-corrected chi connectivity index (χ4v) is 3.28. The van der Waals surface area contributed by atoms with Crippen molar-refractivity contribution >= 4 is 32.7 Å². The van der Waals surface area contributed by atoms with Gasteiger partial charge in [0, 0.05) is 6.54 Å². The molecule has 1 aromatic heterocycles. The Morgan fingerprint density at radius 1 is 1.47 bits per heavy atom. The van der Waals surface area contributed by atoms with Crippen molar-refractivity contribution in [2.45, 2.75) is 18.9 Å². The minimum absolute atomic E-state index is 0.407. The van der Waals surface area contributed by atoms with Crippen molar-refractivity contribution in [1.29, 1.82) is 0 Å². The van der Waals surface area contributed by atoms with Crippen molar-refractivity contribution in [1.82, 2.24) is 4.98 Å². The number of hydrogen-bond donors (Lipinski definition) is 1. The zero-order valence-corrected chi connectivity index (χ0v) is 9.98. The Bertz CT molecular complexity index is 533. The third-order valence-corrected chi connectivity index (χ3v) is 4.14. The van der Waals surface area contributed by atoms with Crippen molar-refractivity contribution in [2.24, 2.45) is 0 Å². The van der Waals surface area contributed by atoms with Gasteiger partial charge in [0.25, 0.3) is 0 Å². The third kappa shape index (κ3) is 1.76. The lowest BCUT2D eigenvalue weighted by Crippen LogP contribution is -2.35. The first-order valence-corrected chi connectivity index (χ1v) is 6.42. The maximum absolute atomic E-state index is 11.1. The van der Waals surface area contributed by atoms with E-state index in [0.717, 1.165) is 28.3 Å². The van der Waals surface area contributed by atoms with Crippen LogP contribution in [0.25, 0.3) is 10.2 Å². The average Bonchev–Trinajstić information content (AvgIpc) is 2.95. The molecule has 5 heteroatoms. The minimum Gasteiger partial charge on any atom is -0.480 e. The molecule has 1 aliphatic rings. The monoisotopic (exact) mass is 248 g/mol. The van der Waals surface area contributed by atoms with Crippen LogP contribution in [0.2, 0.25) is 0 Å². The molecule has 2 heterocycles. The van der Waals surface area contributed by atoms with E-state index in [0.29, 0.717) is 6.42 Å². The van der Waals surface area contributed by atoms with Crippen molar-refractivity contribution in [3.05, 3.63) is 24.3 Å². The smallest absolute Gasteiger partial charge is 0.326 e. The summed E-state index contributed by atoms with van der Waals surface area (Å²) in [6.07, 6.45) is 1.64. The predicted molar refractivity (Wildman–Crippen MR) is 67.6 cm³/mol. The lowest BCUT2D eigenvalue weighted by Gasteiger charge is -2.19.